The molecule has 0 aliphatic rings. The van der Waals surface area contributed by atoms with Crippen LogP contribution in [-0.2, 0) is 11.3 Å². The molecule has 1 aromatic heterocycles. The van der Waals surface area contributed by atoms with Gasteiger partial charge < -0.3 is 14.8 Å². The summed E-state index contributed by atoms with van der Waals surface area (Å²) in [6, 6.07) is 10.1. The van der Waals surface area contributed by atoms with E-state index in [1.165, 1.54) is 11.3 Å². The number of ether oxygens (including phenoxy) is 2. The van der Waals surface area contributed by atoms with E-state index in [-0.39, 0.29) is 6.10 Å². The molecule has 2 aromatic rings. The highest BCUT2D eigenvalue weighted by atomic mass is 32.1. The molecule has 6 heteroatoms. The lowest BCUT2D eigenvalue weighted by atomic mass is 10.1. The van der Waals surface area contributed by atoms with Gasteiger partial charge in [0.2, 0.25) is 0 Å². The van der Waals surface area contributed by atoms with Crippen LogP contribution in [0.5, 0.6) is 5.19 Å². The maximum Gasteiger partial charge on any atom is 0.294 e. The van der Waals surface area contributed by atoms with Gasteiger partial charge in [0.25, 0.3) is 5.19 Å². The Labute approximate surface area is 123 Å². The predicted molar refractivity (Wildman–Crippen MR) is 79.0 cm³/mol. The summed E-state index contributed by atoms with van der Waals surface area (Å²) in [7, 11) is 1.68. The number of nitrogens with zero attached hydrogens (tertiary/aromatic N) is 2. The molecule has 0 bridgehead atoms. The molecule has 1 N–H and O–H groups in total. The molecule has 0 radical (unpaired) electrons. The highest BCUT2D eigenvalue weighted by Gasteiger charge is 2.10. The van der Waals surface area contributed by atoms with Crippen LogP contribution < -0.4 is 10.1 Å². The fourth-order valence-corrected chi connectivity index (χ4v) is 2.40. The average Bonchev–Trinajstić information content (AvgIpc) is 2.92. The van der Waals surface area contributed by atoms with Crippen LogP contribution in [-0.4, -0.2) is 30.5 Å². The second-order valence-corrected chi connectivity index (χ2v) is 5.33. The fraction of sp³-hybridized carbons (Fsp3) is 0.429. The Hall–Kier alpha value is -1.50. The molecule has 0 spiro atoms. The normalized spacial score (nSPS) is 12.3. The molecule has 1 atom stereocenters. The number of aromatic nitrogens is 2. The van der Waals surface area contributed by atoms with Crippen LogP contribution in [0.2, 0.25) is 0 Å². The summed E-state index contributed by atoms with van der Waals surface area (Å²) in [4.78, 5) is 0. The summed E-state index contributed by atoms with van der Waals surface area (Å²) < 4.78 is 10.8. The van der Waals surface area contributed by atoms with Gasteiger partial charge in [0.05, 0.1) is 6.61 Å². The van der Waals surface area contributed by atoms with E-state index in [9.17, 15) is 0 Å². The summed E-state index contributed by atoms with van der Waals surface area (Å²) in [6.07, 6.45) is -0.0292. The first kappa shape index (κ1) is 14.9. The van der Waals surface area contributed by atoms with E-state index in [4.69, 9.17) is 9.47 Å². The standard InChI is InChI=1S/C14H19N3O2S/c1-11(12-6-4-3-5-7-12)19-14-17-16-13(20-14)10-15-8-9-18-2/h3-7,11,15H,8-10H2,1-2H3. The van der Waals surface area contributed by atoms with Gasteiger partial charge in [-0.15, -0.1) is 5.10 Å². The third-order valence-electron chi connectivity index (χ3n) is 2.75. The average molecular weight is 293 g/mol. The van der Waals surface area contributed by atoms with Crippen molar-refractivity contribution < 1.29 is 9.47 Å². The van der Waals surface area contributed by atoms with Crippen molar-refractivity contribution in [1.82, 2.24) is 15.5 Å². The number of methoxy groups -OCH3 is 1. The Kier molecular flexibility index (Phi) is 5.91. The molecule has 1 heterocycles. The zero-order valence-corrected chi connectivity index (χ0v) is 12.5. The van der Waals surface area contributed by atoms with Gasteiger partial charge in [-0.1, -0.05) is 46.8 Å². The molecular weight excluding hydrogens is 274 g/mol. The van der Waals surface area contributed by atoms with E-state index >= 15 is 0 Å². The summed E-state index contributed by atoms with van der Waals surface area (Å²) in [5.74, 6) is 0. The zero-order chi connectivity index (χ0) is 14.2. The van der Waals surface area contributed by atoms with Crippen LogP contribution in [0.25, 0.3) is 0 Å². The Bertz CT molecular complexity index is 504. The molecule has 0 saturated heterocycles. The lowest BCUT2D eigenvalue weighted by Gasteiger charge is -2.11. The zero-order valence-electron chi connectivity index (χ0n) is 11.7. The fourth-order valence-electron chi connectivity index (χ4n) is 1.67. The molecule has 0 fully saturated rings. The number of hydrogen-bond acceptors (Lipinski definition) is 6. The number of nitrogens with one attached hydrogen (secondary N) is 1. The molecule has 0 aliphatic carbocycles. The maximum atomic E-state index is 5.80. The number of hydrogen-bond donors (Lipinski definition) is 1. The predicted octanol–water partition coefficient (Wildman–Crippen LogP) is 2.41. The van der Waals surface area contributed by atoms with Crippen LogP contribution in [0.3, 0.4) is 0 Å². The largest absolute Gasteiger partial charge is 0.461 e. The highest BCUT2D eigenvalue weighted by molar-refractivity contribution is 7.13. The summed E-state index contributed by atoms with van der Waals surface area (Å²) >= 11 is 1.47. The Morgan fingerprint density at radius 3 is 2.80 bits per heavy atom. The van der Waals surface area contributed by atoms with Gasteiger partial charge in [0.1, 0.15) is 11.1 Å². The lowest BCUT2D eigenvalue weighted by Crippen LogP contribution is -2.18. The van der Waals surface area contributed by atoms with Crippen LogP contribution >= 0.6 is 11.3 Å². The summed E-state index contributed by atoms with van der Waals surface area (Å²) in [6.45, 7) is 4.18. The maximum absolute atomic E-state index is 5.80. The van der Waals surface area contributed by atoms with Gasteiger partial charge in [-0.3, -0.25) is 0 Å². The first-order valence-corrected chi connectivity index (χ1v) is 7.35. The quantitative estimate of drug-likeness (QED) is 0.758. The monoisotopic (exact) mass is 293 g/mol. The Morgan fingerprint density at radius 1 is 1.25 bits per heavy atom. The van der Waals surface area contributed by atoms with Crippen LogP contribution in [0.1, 0.15) is 23.6 Å². The smallest absolute Gasteiger partial charge is 0.294 e. The second-order valence-electron chi connectivity index (χ2n) is 4.30. The molecule has 0 aliphatic heterocycles. The van der Waals surface area contributed by atoms with E-state index in [0.717, 1.165) is 17.1 Å². The number of rotatable bonds is 8. The molecule has 0 amide bonds. The molecule has 0 saturated carbocycles. The van der Waals surface area contributed by atoms with Gasteiger partial charge in [0, 0.05) is 20.2 Å². The van der Waals surface area contributed by atoms with E-state index < -0.39 is 0 Å². The third kappa shape index (κ3) is 4.56. The summed E-state index contributed by atoms with van der Waals surface area (Å²) in [5, 5.41) is 12.9. The Balaban J connectivity index is 1.83. The molecule has 1 aromatic carbocycles. The van der Waals surface area contributed by atoms with Crippen molar-refractivity contribution in [1.29, 1.82) is 0 Å². The lowest BCUT2D eigenvalue weighted by molar-refractivity contribution is 0.199. The first-order chi connectivity index (χ1) is 9.79. The molecule has 20 heavy (non-hydrogen) atoms. The van der Waals surface area contributed by atoms with Crippen LogP contribution in [0, 0.1) is 0 Å². The SMILES string of the molecule is COCCNCc1nnc(OC(C)c2ccccc2)s1. The minimum atomic E-state index is -0.0292. The molecular formula is C14H19N3O2S. The molecule has 5 nitrogen and oxygen atoms in total. The molecule has 1 unspecified atom stereocenters. The van der Waals surface area contributed by atoms with Crippen molar-refractivity contribution in [2.75, 3.05) is 20.3 Å². The van der Waals surface area contributed by atoms with Crippen molar-refractivity contribution in [2.24, 2.45) is 0 Å². The third-order valence-corrected chi connectivity index (χ3v) is 3.57. The van der Waals surface area contributed by atoms with Crippen LogP contribution in [0.4, 0.5) is 0 Å². The summed E-state index contributed by atoms with van der Waals surface area (Å²) in [5.41, 5.74) is 1.13. The number of benzene rings is 1. The van der Waals surface area contributed by atoms with Gasteiger partial charge in [0.15, 0.2) is 0 Å². The van der Waals surface area contributed by atoms with E-state index in [0.29, 0.717) is 18.3 Å². The minimum absolute atomic E-state index is 0.0292. The Morgan fingerprint density at radius 2 is 2.05 bits per heavy atom. The van der Waals surface area contributed by atoms with E-state index in [1.54, 1.807) is 7.11 Å². The minimum Gasteiger partial charge on any atom is -0.461 e. The van der Waals surface area contributed by atoms with E-state index in [1.807, 2.05) is 37.3 Å². The van der Waals surface area contributed by atoms with E-state index in [2.05, 4.69) is 15.5 Å². The molecule has 2 rings (SSSR count). The van der Waals surface area contributed by atoms with Crippen molar-refractivity contribution in [2.45, 2.75) is 19.6 Å². The van der Waals surface area contributed by atoms with Gasteiger partial charge >= 0.3 is 0 Å². The van der Waals surface area contributed by atoms with Crippen LogP contribution in [0.15, 0.2) is 30.3 Å². The van der Waals surface area contributed by atoms with Gasteiger partial charge in [-0.25, -0.2) is 0 Å². The topological polar surface area (TPSA) is 56.3 Å². The van der Waals surface area contributed by atoms with Gasteiger partial charge in [-0.05, 0) is 12.5 Å². The van der Waals surface area contributed by atoms with Crippen molar-refractivity contribution in [3.05, 3.63) is 40.9 Å². The van der Waals surface area contributed by atoms with Gasteiger partial charge in [-0.2, -0.15) is 0 Å². The first-order valence-electron chi connectivity index (χ1n) is 6.53. The molecule has 108 valence electrons. The highest BCUT2D eigenvalue weighted by Crippen LogP contribution is 2.24. The van der Waals surface area contributed by atoms with Crippen molar-refractivity contribution in [3.63, 3.8) is 0 Å². The van der Waals surface area contributed by atoms with Crippen molar-refractivity contribution >= 4 is 11.3 Å². The van der Waals surface area contributed by atoms with Crippen molar-refractivity contribution in [3.8, 4) is 5.19 Å². The second kappa shape index (κ2) is 7.94.